The Bertz CT molecular complexity index is 522. The van der Waals surface area contributed by atoms with E-state index in [1.807, 2.05) is 6.07 Å². The molecule has 0 spiro atoms. The smallest absolute Gasteiger partial charge is 0.227 e. The number of aliphatic hydroxyl groups is 2. The van der Waals surface area contributed by atoms with Crippen molar-refractivity contribution >= 4 is 17.5 Å². The number of amides is 2. The molecule has 0 aromatic heterocycles. The van der Waals surface area contributed by atoms with Crippen LogP contribution in [0.25, 0.3) is 0 Å². The predicted octanol–water partition coefficient (Wildman–Crippen LogP) is -0.360. The van der Waals surface area contributed by atoms with Crippen molar-refractivity contribution in [1.82, 2.24) is 5.32 Å². The van der Waals surface area contributed by atoms with Gasteiger partial charge in [0.15, 0.2) is 0 Å². The minimum atomic E-state index is -1.17. The summed E-state index contributed by atoms with van der Waals surface area (Å²) in [6.45, 7) is 1.44. The van der Waals surface area contributed by atoms with Crippen LogP contribution in [0.15, 0.2) is 30.3 Å². The summed E-state index contributed by atoms with van der Waals surface area (Å²) < 4.78 is 5.47. The number of nitrogens with one attached hydrogen (secondary N) is 2. The Morgan fingerprint density at radius 2 is 1.77 bits per heavy atom. The molecule has 7 heteroatoms. The van der Waals surface area contributed by atoms with E-state index < -0.39 is 24.4 Å². The van der Waals surface area contributed by atoms with Gasteiger partial charge in [0.25, 0.3) is 0 Å². The molecule has 2 amide bonds. The zero-order valence-electron chi connectivity index (χ0n) is 12.2. The summed E-state index contributed by atoms with van der Waals surface area (Å²) in [4.78, 5) is 22.8. The zero-order chi connectivity index (χ0) is 16.1. The molecule has 1 heterocycles. The lowest BCUT2D eigenvalue weighted by Gasteiger charge is -2.14. The number of anilines is 1. The Hall–Kier alpha value is -1.96. The molecule has 2 rings (SSSR count). The molecule has 0 unspecified atom stereocenters. The van der Waals surface area contributed by atoms with E-state index in [-0.39, 0.29) is 24.8 Å². The molecule has 1 aliphatic rings. The van der Waals surface area contributed by atoms with Crippen LogP contribution in [0, 0.1) is 0 Å². The SMILES string of the molecule is CC(=O)NC[C@H]1O[C@@H](CC(=O)Nc2ccccc2)[C@H](O)[C@@H]1O. The zero-order valence-corrected chi connectivity index (χ0v) is 12.2. The monoisotopic (exact) mass is 308 g/mol. The third kappa shape index (κ3) is 4.27. The van der Waals surface area contributed by atoms with E-state index in [1.54, 1.807) is 24.3 Å². The van der Waals surface area contributed by atoms with Gasteiger partial charge in [0, 0.05) is 19.2 Å². The minimum Gasteiger partial charge on any atom is -0.388 e. The molecular weight excluding hydrogens is 288 g/mol. The van der Waals surface area contributed by atoms with Crippen molar-refractivity contribution in [2.45, 2.75) is 37.8 Å². The number of carbonyl (C=O) groups is 2. The molecule has 22 heavy (non-hydrogen) atoms. The van der Waals surface area contributed by atoms with Crippen molar-refractivity contribution in [3.8, 4) is 0 Å². The van der Waals surface area contributed by atoms with E-state index in [2.05, 4.69) is 10.6 Å². The van der Waals surface area contributed by atoms with E-state index in [1.165, 1.54) is 6.92 Å². The van der Waals surface area contributed by atoms with Gasteiger partial charge in [0.05, 0.1) is 12.5 Å². The lowest BCUT2D eigenvalue weighted by Crippen LogP contribution is -2.39. The fourth-order valence-electron chi connectivity index (χ4n) is 2.32. The van der Waals surface area contributed by atoms with Crippen molar-refractivity contribution < 1.29 is 24.5 Å². The number of aliphatic hydroxyl groups excluding tert-OH is 2. The van der Waals surface area contributed by atoms with Crippen molar-refractivity contribution in [3.63, 3.8) is 0 Å². The average molecular weight is 308 g/mol. The maximum absolute atomic E-state index is 11.9. The fraction of sp³-hybridized carbons (Fsp3) is 0.467. The van der Waals surface area contributed by atoms with Crippen LogP contribution in [0.5, 0.6) is 0 Å². The van der Waals surface area contributed by atoms with Crippen LogP contribution in [0.4, 0.5) is 5.69 Å². The maximum atomic E-state index is 11.9. The molecule has 7 nitrogen and oxygen atoms in total. The number of benzene rings is 1. The second-order valence-corrected chi connectivity index (χ2v) is 5.25. The summed E-state index contributed by atoms with van der Waals surface area (Å²) in [6, 6.07) is 8.92. The molecule has 0 radical (unpaired) electrons. The van der Waals surface area contributed by atoms with Crippen molar-refractivity contribution in [3.05, 3.63) is 30.3 Å². The van der Waals surface area contributed by atoms with Gasteiger partial charge in [0.1, 0.15) is 18.3 Å². The summed E-state index contributed by atoms with van der Waals surface area (Å²) in [5.41, 5.74) is 0.648. The second-order valence-electron chi connectivity index (χ2n) is 5.25. The first kappa shape index (κ1) is 16.4. The van der Waals surface area contributed by atoms with Crippen LogP contribution >= 0.6 is 0 Å². The summed E-state index contributed by atoms with van der Waals surface area (Å²) in [7, 11) is 0. The maximum Gasteiger partial charge on any atom is 0.227 e. The van der Waals surface area contributed by atoms with E-state index in [9.17, 15) is 19.8 Å². The van der Waals surface area contributed by atoms with Gasteiger partial charge < -0.3 is 25.6 Å². The first-order valence-corrected chi connectivity index (χ1v) is 7.08. The number of hydrogen-bond donors (Lipinski definition) is 4. The van der Waals surface area contributed by atoms with Crippen LogP contribution in [0.3, 0.4) is 0 Å². The molecule has 1 saturated heterocycles. The summed E-state index contributed by atoms with van der Waals surface area (Å²) in [6.07, 6.45) is -3.92. The highest BCUT2D eigenvalue weighted by Crippen LogP contribution is 2.23. The summed E-state index contributed by atoms with van der Waals surface area (Å²) in [5.74, 6) is -0.571. The van der Waals surface area contributed by atoms with Gasteiger partial charge in [-0.2, -0.15) is 0 Å². The van der Waals surface area contributed by atoms with E-state index in [0.29, 0.717) is 5.69 Å². The highest BCUT2D eigenvalue weighted by Gasteiger charge is 2.43. The molecule has 4 N–H and O–H groups in total. The molecule has 120 valence electrons. The standard InChI is InChI=1S/C15H20N2O5/c1-9(18)16-8-12-15(21)14(20)11(22-12)7-13(19)17-10-5-3-2-4-6-10/h2-6,11-12,14-15,20-21H,7-8H2,1H3,(H,16,18)(H,17,19)/t11-,12+,14-,15+/m0/s1. The largest absolute Gasteiger partial charge is 0.388 e. The van der Waals surface area contributed by atoms with Gasteiger partial charge in [0.2, 0.25) is 11.8 Å². The lowest BCUT2D eigenvalue weighted by molar-refractivity contribution is -0.122. The van der Waals surface area contributed by atoms with Gasteiger partial charge in [-0.3, -0.25) is 9.59 Å². The Morgan fingerprint density at radius 3 is 2.41 bits per heavy atom. The highest BCUT2D eigenvalue weighted by atomic mass is 16.5. The molecule has 0 aliphatic carbocycles. The molecule has 1 aliphatic heterocycles. The highest BCUT2D eigenvalue weighted by molar-refractivity contribution is 5.91. The van der Waals surface area contributed by atoms with Crippen molar-refractivity contribution in [2.75, 3.05) is 11.9 Å². The van der Waals surface area contributed by atoms with Gasteiger partial charge in [-0.15, -0.1) is 0 Å². The normalized spacial score (nSPS) is 27.4. The third-order valence-corrected chi connectivity index (χ3v) is 3.46. The average Bonchev–Trinajstić information content (AvgIpc) is 2.74. The number of ether oxygens (including phenoxy) is 1. The van der Waals surface area contributed by atoms with Crippen LogP contribution < -0.4 is 10.6 Å². The first-order chi connectivity index (χ1) is 10.5. The van der Waals surface area contributed by atoms with Crippen molar-refractivity contribution in [2.24, 2.45) is 0 Å². The summed E-state index contributed by atoms with van der Waals surface area (Å²) in [5, 5.41) is 25.0. The Kier molecular flexibility index (Phi) is 5.48. The number of rotatable bonds is 5. The molecular formula is C15H20N2O5. The van der Waals surface area contributed by atoms with Gasteiger partial charge in [-0.25, -0.2) is 0 Å². The molecule has 1 aromatic rings. The number of hydrogen-bond acceptors (Lipinski definition) is 5. The van der Waals surface area contributed by atoms with Crippen LogP contribution in [-0.2, 0) is 14.3 Å². The van der Waals surface area contributed by atoms with Crippen LogP contribution in [0.2, 0.25) is 0 Å². The first-order valence-electron chi connectivity index (χ1n) is 7.08. The molecule has 4 atom stereocenters. The third-order valence-electron chi connectivity index (χ3n) is 3.46. The molecule has 1 aromatic carbocycles. The summed E-state index contributed by atoms with van der Waals surface area (Å²) >= 11 is 0. The Labute approximate surface area is 128 Å². The molecule has 0 saturated carbocycles. The van der Waals surface area contributed by atoms with Gasteiger partial charge in [-0.05, 0) is 12.1 Å². The quantitative estimate of drug-likeness (QED) is 0.594. The Morgan fingerprint density at radius 1 is 1.14 bits per heavy atom. The van der Waals surface area contributed by atoms with E-state index >= 15 is 0 Å². The fourth-order valence-corrected chi connectivity index (χ4v) is 2.32. The van der Waals surface area contributed by atoms with Gasteiger partial charge >= 0.3 is 0 Å². The predicted molar refractivity (Wildman–Crippen MR) is 79.0 cm³/mol. The van der Waals surface area contributed by atoms with E-state index in [4.69, 9.17) is 4.74 Å². The minimum absolute atomic E-state index is 0.0797. The number of carbonyl (C=O) groups excluding carboxylic acids is 2. The van der Waals surface area contributed by atoms with Crippen LogP contribution in [0.1, 0.15) is 13.3 Å². The van der Waals surface area contributed by atoms with E-state index in [0.717, 1.165) is 0 Å². The lowest BCUT2D eigenvalue weighted by atomic mass is 10.1. The number of para-hydroxylation sites is 1. The second kappa shape index (κ2) is 7.35. The Balaban J connectivity index is 1.87. The molecule has 0 bridgehead atoms. The van der Waals surface area contributed by atoms with Crippen molar-refractivity contribution in [1.29, 1.82) is 0 Å². The van der Waals surface area contributed by atoms with Crippen LogP contribution in [-0.4, -0.2) is 53.0 Å². The van der Waals surface area contributed by atoms with Gasteiger partial charge in [-0.1, -0.05) is 18.2 Å². The topological polar surface area (TPSA) is 108 Å². The molecule has 1 fully saturated rings.